The molecule has 1 aliphatic rings. The molecule has 1 aliphatic heterocycles. The van der Waals surface area contributed by atoms with Crippen molar-refractivity contribution < 1.29 is 23.7 Å². The molecule has 5 rings (SSSR count). The average molecular weight is 583 g/mol. The summed E-state index contributed by atoms with van der Waals surface area (Å²) in [5.74, 6) is 0.0993. The molecule has 3 amide bonds. The van der Waals surface area contributed by atoms with E-state index in [1.165, 1.54) is 12.1 Å². The van der Waals surface area contributed by atoms with E-state index in [1.54, 1.807) is 36.1 Å². The predicted octanol–water partition coefficient (Wildman–Crippen LogP) is 6.66. The standard InChI is InChI=1S/C30H27N3O5.C3H7NO/c1-3-29(34)32(22-9-5-4-6-10-22)26-19-20(2)31(25-12-8-7-11-24(25)26)30(35)28-18-17-27(38-28)21-13-15-23(16-14-21)33(36)37;1-2-3(4)5/h4-18,20,26H,3,19H2,1-2H3;2H2,1H3,(H2,4,5). The second-order valence-corrected chi connectivity index (χ2v) is 10.1. The molecule has 2 heterocycles. The van der Waals surface area contributed by atoms with Gasteiger partial charge in [0.2, 0.25) is 11.8 Å². The lowest BCUT2D eigenvalue weighted by molar-refractivity contribution is -0.384. The Hall–Kier alpha value is -5.25. The third-order valence-corrected chi connectivity index (χ3v) is 7.22. The molecule has 0 saturated carbocycles. The maximum atomic E-state index is 13.8. The van der Waals surface area contributed by atoms with Gasteiger partial charge < -0.3 is 20.0 Å². The number of para-hydroxylation sites is 2. The van der Waals surface area contributed by atoms with Gasteiger partial charge in [0.05, 0.1) is 11.0 Å². The molecule has 2 atom stereocenters. The second kappa shape index (κ2) is 13.6. The van der Waals surface area contributed by atoms with Gasteiger partial charge in [0.25, 0.3) is 11.6 Å². The fourth-order valence-corrected chi connectivity index (χ4v) is 5.07. The van der Waals surface area contributed by atoms with Gasteiger partial charge in [-0.1, -0.05) is 50.2 Å². The quantitative estimate of drug-likeness (QED) is 0.191. The first-order valence-electron chi connectivity index (χ1n) is 14.1. The Kier molecular flexibility index (Phi) is 9.72. The van der Waals surface area contributed by atoms with Gasteiger partial charge in [-0.25, -0.2) is 0 Å². The van der Waals surface area contributed by atoms with Crippen LogP contribution in [0.1, 0.15) is 62.2 Å². The Balaban J connectivity index is 0.000000782. The summed E-state index contributed by atoms with van der Waals surface area (Å²) in [4.78, 5) is 50.6. The molecule has 0 fully saturated rings. The number of carbonyl (C=O) groups excluding carboxylic acids is 3. The first kappa shape index (κ1) is 30.7. The molecular weight excluding hydrogens is 548 g/mol. The number of fused-ring (bicyclic) bond motifs is 1. The normalized spacial score (nSPS) is 15.5. The van der Waals surface area contributed by atoms with Crippen molar-refractivity contribution >= 4 is 34.8 Å². The molecule has 2 N–H and O–H groups in total. The number of carbonyl (C=O) groups is 3. The van der Waals surface area contributed by atoms with Gasteiger partial charge in [-0.05, 0) is 61.4 Å². The lowest BCUT2D eigenvalue weighted by atomic mass is 9.89. The summed E-state index contributed by atoms with van der Waals surface area (Å²) in [5.41, 5.74) is 7.73. The third kappa shape index (κ3) is 6.81. The molecule has 0 aliphatic carbocycles. The zero-order valence-corrected chi connectivity index (χ0v) is 24.3. The summed E-state index contributed by atoms with van der Waals surface area (Å²) in [6.07, 6.45) is 1.36. The van der Waals surface area contributed by atoms with Crippen LogP contribution < -0.4 is 15.5 Å². The smallest absolute Gasteiger partial charge is 0.294 e. The highest BCUT2D eigenvalue weighted by Crippen LogP contribution is 2.43. The number of benzene rings is 3. The Morgan fingerprint density at radius 3 is 2.16 bits per heavy atom. The van der Waals surface area contributed by atoms with E-state index in [-0.39, 0.29) is 41.3 Å². The number of amides is 3. The van der Waals surface area contributed by atoms with Gasteiger partial charge in [-0.3, -0.25) is 24.5 Å². The molecule has 3 aromatic carbocycles. The number of nitrogens with two attached hydrogens (primary N) is 1. The molecule has 10 heteroatoms. The molecule has 1 aromatic heterocycles. The SMILES string of the molecule is CCC(=O)N(c1ccccc1)C1CC(C)N(C(=O)c2ccc(-c3ccc([N+](=O)[O-])cc3)o2)c2ccccc21.CCC(N)=O. The number of hydrogen-bond donors (Lipinski definition) is 1. The molecule has 222 valence electrons. The van der Waals surface area contributed by atoms with E-state index in [0.717, 1.165) is 16.9 Å². The Morgan fingerprint density at radius 2 is 1.56 bits per heavy atom. The van der Waals surface area contributed by atoms with Crippen LogP contribution in [0.25, 0.3) is 11.3 Å². The molecule has 2 unspecified atom stereocenters. The van der Waals surface area contributed by atoms with Crippen LogP contribution in [0.5, 0.6) is 0 Å². The highest BCUT2D eigenvalue weighted by atomic mass is 16.6. The van der Waals surface area contributed by atoms with E-state index in [9.17, 15) is 24.5 Å². The van der Waals surface area contributed by atoms with E-state index in [2.05, 4.69) is 5.73 Å². The van der Waals surface area contributed by atoms with Gasteiger partial charge in [0.15, 0.2) is 5.76 Å². The topological polar surface area (TPSA) is 140 Å². The average Bonchev–Trinajstić information content (AvgIpc) is 3.52. The number of nitro benzene ring substituents is 1. The van der Waals surface area contributed by atoms with E-state index in [0.29, 0.717) is 30.6 Å². The van der Waals surface area contributed by atoms with Crippen molar-refractivity contribution in [1.82, 2.24) is 0 Å². The van der Waals surface area contributed by atoms with Crippen molar-refractivity contribution in [2.24, 2.45) is 5.73 Å². The minimum absolute atomic E-state index is 0.0155. The second-order valence-electron chi connectivity index (χ2n) is 10.1. The summed E-state index contributed by atoms with van der Waals surface area (Å²) in [7, 11) is 0. The molecule has 0 saturated heterocycles. The number of nitro groups is 1. The lowest BCUT2D eigenvalue weighted by Gasteiger charge is -2.43. The van der Waals surface area contributed by atoms with E-state index < -0.39 is 4.92 Å². The molecule has 0 spiro atoms. The fraction of sp³-hybridized carbons (Fsp3) is 0.242. The zero-order chi connectivity index (χ0) is 31.1. The van der Waals surface area contributed by atoms with Crippen molar-refractivity contribution in [1.29, 1.82) is 0 Å². The highest BCUT2D eigenvalue weighted by molar-refractivity contribution is 6.06. The maximum absolute atomic E-state index is 13.8. The molecule has 10 nitrogen and oxygen atoms in total. The van der Waals surface area contributed by atoms with Crippen molar-refractivity contribution in [3.05, 3.63) is 112 Å². The Morgan fingerprint density at radius 1 is 0.930 bits per heavy atom. The van der Waals surface area contributed by atoms with Crippen LogP contribution >= 0.6 is 0 Å². The molecule has 43 heavy (non-hydrogen) atoms. The van der Waals surface area contributed by atoms with E-state index >= 15 is 0 Å². The first-order chi connectivity index (χ1) is 20.7. The van der Waals surface area contributed by atoms with Crippen LogP contribution in [0.15, 0.2) is 95.4 Å². The van der Waals surface area contributed by atoms with Gasteiger partial charge in [0, 0.05) is 48.0 Å². The number of hydrogen-bond acceptors (Lipinski definition) is 6. The van der Waals surface area contributed by atoms with Crippen molar-refractivity contribution in [2.75, 3.05) is 9.80 Å². The minimum atomic E-state index is -0.462. The molecule has 0 bridgehead atoms. The van der Waals surface area contributed by atoms with Gasteiger partial charge in [-0.2, -0.15) is 0 Å². The third-order valence-electron chi connectivity index (χ3n) is 7.22. The van der Waals surface area contributed by atoms with Crippen LogP contribution in [-0.2, 0) is 9.59 Å². The van der Waals surface area contributed by atoms with Crippen LogP contribution in [0.3, 0.4) is 0 Å². The first-order valence-corrected chi connectivity index (χ1v) is 14.1. The lowest BCUT2D eigenvalue weighted by Crippen LogP contribution is -2.47. The van der Waals surface area contributed by atoms with Gasteiger partial charge >= 0.3 is 0 Å². The number of primary amides is 1. The minimum Gasteiger partial charge on any atom is -0.451 e. The largest absolute Gasteiger partial charge is 0.451 e. The van der Waals surface area contributed by atoms with Crippen molar-refractivity contribution in [3.8, 4) is 11.3 Å². The summed E-state index contributed by atoms with van der Waals surface area (Å²) in [6.45, 7) is 5.55. The molecular formula is C33H34N4O6. The van der Waals surface area contributed by atoms with Crippen LogP contribution in [-0.4, -0.2) is 28.7 Å². The number of anilines is 2. The molecule has 4 aromatic rings. The van der Waals surface area contributed by atoms with Crippen molar-refractivity contribution in [2.45, 2.75) is 52.1 Å². The number of nitrogens with zero attached hydrogens (tertiary/aromatic N) is 3. The van der Waals surface area contributed by atoms with E-state index in [4.69, 9.17) is 4.42 Å². The zero-order valence-electron chi connectivity index (χ0n) is 24.3. The summed E-state index contributed by atoms with van der Waals surface area (Å²) in [5, 5.41) is 11.0. The summed E-state index contributed by atoms with van der Waals surface area (Å²) in [6, 6.07) is 26.1. The van der Waals surface area contributed by atoms with E-state index in [1.807, 2.05) is 73.3 Å². The van der Waals surface area contributed by atoms with Crippen LogP contribution in [0, 0.1) is 10.1 Å². The monoisotopic (exact) mass is 582 g/mol. The summed E-state index contributed by atoms with van der Waals surface area (Å²) >= 11 is 0. The Labute approximate surface area is 249 Å². The maximum Gasteiger partial charge on any atom is 0.294 e. The van der Waals surface area contributed by atoms with Crippen LogP contribution in [0.4, 0.5) is 17.1 Å². The number of rotatable bonds is 7. The Bertz CT molecular complexity index is 1600. The number of furan rings is 1. The fourth-order valence-electron chi connectivity index (χ4n) is 5.07. The van der Waals surface area contributed by atoms with Crippen molar-refractivity contribution in [3.63, 3.8) is 0 Å². The predicted molar refractivity (Wildman–Crippen MR) is 165 cm³/mol. The van der Waals surface area contributed by atoms with Gasteiger partial charge in [-0.15, -0.1) is 0 Å². The highest BCUT2D eigenvalue weighted by Gasteiger charge is 2.39. The molecule has 0 radical (unpaired) electrons. The van der Waals surface area contributed by atoms with Gasteiger partial charge in [0.1, 0.15) is 5.76 Å². The van der Waals surface area contributed by atoms with Crippen LogP contribution in [0.2, 0.25) is 0 Å². The summed E-state index contributed by atoms with van der Waals surface area (Å²) < 4.78 is 5.92. The number of non-ortho nitro benzene ring substituents is 1.